The van der Waals surface area contributed by atoms with Crippen molar-refractivity contribution >= 4 is 15.9 Å². The number of rotatable bonds is 3. The molecule has 0 bridgehead atoms. The highest BCUT2D eigenvalue weighted by molar-refractivity contribution is 7.90. The fourth-order valence-electron chi connectivity index (χ4n) is 1.99. The van der Waals surface area contributed by atoms with Crippen molar-refractivity contribution in [2.45, 2.75) is 26.2 Å². The van der Waals surface area contributed by atoms with Crippen LogP contribution in [0.15, 0.2) is 18.2 Å². The molecule has 2 N–H and O–H groups in total. The van der Waals surface area contributed by atoms with Gasteiger partial charge in [0, 0.05) is 19.2 Å². The van der Waals surface area contributed by atoms with Crippen LogP contribution in [0.1, 0.15) is 24.8 Å². The lowest BCUT2D eigenvalue weighted by atomic mass is 10.2. The molecule has 1 heterocycles. The van der Waals surface area contributed by atoms with Gasteiger partial charge in [0.1, 0.15) is 5.75 Å². The molecule has 0 spiro atoms. The first-order valence-corrected chi connectivity index (χ1v) is 7.50. The molecule has 0 aliphatic carbocycles. The topological polar surface area (TPSA) is 69.6 Å². The lowest BCUT2D eigenvalue weighted by molar-refractivity contribution is 0.349. The molecule has 0 radical (unpaired) electrons. The first-order valence-electron chi connectivity index (χ1n) is 6.06. The number of aromatic hydroxyl groups is 1. The van der Waals surface area contributed by atoms with Crippen LogP contribution in [0.2, 0.25) is 0 Å². The van der Waals surface area contributed by atoms with Crippen LogP contribution in [0.25, 0.3) is 0 Å². The van der Waals surface area contributed by atoms with Crippen molar-refractivity contribution in [3.05, 3.63) is 23.8 Å². The number of nitrogens with one attached hydrogen (secondary N) is 1. The summed E-state index contributed by atoms with van der Waals surface area (Å²) in [5, 5.41) is 9.56. The fourth-order valence-corrected chi connectivity index (χ4v) is 3.28. The molecule has 1 fully saturated rings. The summed E-state index contributed by atoms with van der Waals surface area (Å²) in [6, 6.07) is 4.76. The predicted octanol–water partition coefficient (Wildman–Crippen LogP) is 1.84. The monoisotopic (exact) mass is 270 g/mol. The highest BCUT2D eigenvalue weighted by Crippen LogP contribution is 2.23. The van der Waals surface area contributed by atoms with Crippen LogP contribution >= 0.6 is 0 Å². The minimum absolute atomic E-state index is 0.0915. The molecule has 1 aliphatic rings. The Labute approximate surface area is 108 Å². The average molecular weight is 270 g/mol. The maximum atomic E-state index is 12.1. The largest absolute Gasteiger partial charge is 0.508 e. The van der Waals surface area contributed by atoms with E-state index in [1.54, 1.807) is 19.1 Å². The number of hydrogen-bond donors (Lipinski definition) is 2. The van der Waals surface area contributed by atoms with Crippen LogP contribution < -0.4 is 4.72 Å². The highest BCUT2D eigenvalue weighted by atomic mass is 32.2. The summed E-state index contributed by atoms with van der Waals surface area (Å²) in [5.41, 5.74) is 1.11. The average Bonchev–Trinajstić information content (AvgIpc) is 2.35. The van der Waals surface area contributed by atoms with Crippen LogP contribution in [0.4, 0.5) is 5.69 Å². The maximum absolute atomic E-state index is 12.1. The molecule has 0 saturated carbocycles. The Morgan fingerprint density at radius 3 is 2.50 bits per heavy atom. The maximum Gasteiger partial charge on any atom is 0.301 e. The summed E-state index contributed by atoms with van der Waals surface area (Å²) in [6.45, 7) is 2.89. The molecular formula is C12H18N2O3S. The van der Waals surface area contributed by atoms with E-state index in [4.69, 9.17) is 0 Å². The van der Waals surface area contributed by atoms with Crippen molar-refractivity contribution < 1.29 is 13.5 Å². The number of hydrogen-bond acceptors (Lipinski definition) is 3. The van der Waals surface area contributed by atoms with Gasteiger partial charge in [0.05, 0.1) is 5.69 Å². The molecule has 2 rings (SSSR count). The van der Waals surface area contributed by atoms with Gasteiger partial charge in [-0.1, -0.05) is 12.5 Å². The molecule has 0 unspecified atom stereocenters. The molecular weight excluding hydrogens is 252 g/mol. The van der Waals surface area contributed by atoms with Gasteiger partial charge in [0.2, 0.25) is 0 Å². The van der Waals surface area contributed by atoms with Crippen molar-refractivity contribution in [3.8, 4) is 5.75 Å². The van der Waals surface area contributed by atoms with E-state index >= 15 is 0 Å². The van der Waals surface area contributed by atoms with Crippen molar-refractivity contribution in [2.24, 2.45) is 0 Å². The smallest absolute Gasteiger partial charge is 0.301 e. The van der Waals surface area contributed by atoms with Gasteiger partial charge < -0.3 is 5.11 Å². The van der Waals surface area contributed by atoms with E-state index in [-0.39, 0.29) is 5.75 Å². The SMILES string of the molecule is Cc1ccc(NS(=O)(=O)N2CCCCC2)cc1O. The quantitative estimate of drug-likeness (QED) is 0.880. The van der Waals surface area contributed by atoms with E-state index in [2.05, 4.69) is 4.72 Å². The number of anilines is 1. The van der Waals surface area contributed by atoms with Crippen molar-refractivity contribution in [3.63, 3.8) is 0 Å². The normalized spacial score (nSPS) is 17.6. The van der Waals surface area contributed by atoms with Gasteiger partial charge in [0.25, 0.3) is 0 Å². The summed E-state index contributed by atoms with van der Waals surface area (Å²) < 4.78 is 28.1. The zero-order valence-electron chi connectivity index (χ0n) is 10.4. The molecule has 1 aromatic carbocycles. The van der Waals surface area contributed by atoms with Gasteiger partial charge in [-0.05, 0) is 31.4 Å². The molecule has 18 heavy (non-hydrogen) atoms. The van der Waals surface area contributed by atoms with Gasteiger partial charge in [-0.25, -0.2) is 0 Å². The van der Waals surface area contributed by atoms with Crippen LogP contribution in [-0.4, -0.2) is 30.9 Å². The second-order valence-corrected chi connectivity index (χ2v) is 6.24. The van der Waals surface area contributed by atoms with Gasteiger partial charge in [-0.2, -0.15) is 12.7 Å². The summed E-state index contributed by atoms with van der Waals surface area (Å²) >= 11 is 0. The molecule has 1 aliphatic heterocycles. The van der Waals surface area contributed by atoms with Crippen LogP contribution in [-0.2, 0) is 10.2 Å². The Morgan fingerprint density at radius 2 is 1.89 bits per heavy atom. The fraction of sp³-hybridized carbons (Fsp3) is 0.500. The third kappa shape index (κ3) is 2.94. The Kier molecular flexibility index (Phi) is 3.77. The lowest BCUT2D eigenvalue weighted by Gasteiger charge is -2.26. The number of benzene rings is 1. The summed E-state index contributed by atoms with van der Waals surface area (Å²) in [6.07, 6.45) is 2.89. The summed E-state index contributed by atoms with van der Waals surface area (Å²) in [5.74, 6) is 0.0915. The lowest BCUT2D eigenvalue weighted by Crippen LogP contribution is -2.39. The van der Waals surface area contributed by atoms with Gasteiger partial charge >= 0.3 is 10.2 Å². The van der Waals surface area contributed by atoms with E-state index in [9.17, 15) is 13.5 Å². The van der Waals surface area contributed by atoms with E-state index in [0.717, 1.165) is 24.8 Å². The third-order valence-corrected chi connectivity index (χ3v) is 4.65. The van der Waals surface area contributed by atoms with E-state index in [1.165, 1.54) is 10.4 Å². The standard InChI is InChI=1S/C12H18N2O3S/c1-10-5-6-11(9-12(10)15)13-18(16,17)14-7-3-2-4-8-14/h5-6,9,13,15H,2-4,7-8H2,1H3. The Bertz CT molecular complexity index is 522. The summed E-state index contributed by atoms with van der Waals surface area (Å²) in [4.78, 5) is 0. The Morgan fingerprint density at radius 1 is 1.22 bits per heavy atom. The molecule has 100 valence electrons. The van der Waals surface area contributed by atoms with Crippen LogP contribution in [0, 0.1) is 6.92 Å². The molecule has 0 atom stereocenters. The van der Waals surface area contributed by atoms with E-state index in [0.29, 0.717) is 18.8 Å². The van der Waals surface area contributed by atoms with Crippen molar-refractivity contribution in [1.29, 1.82) is 0 Å². The first kappa shape index (κ1) is 13.2. The number of piperidine rings is 1. The number of aryl methyl sites for hydroxylation is 1. The zero-order chi connectivity index (χ0) is 13.2. The first-order chi connectivity index (χ1) is 8.49. The zero-order valence-corrected chi connectivity index (χ0v) is 11.2. The minimum Gasteiger partial charge on any atom is -0.508 e. The Balaban J connectivity index is 2.13. The van der Waals surface area contributed by atoms with E-state index < -0.39 is 10.2 Å². The molecule has 6 heteroatoms. The number of phenols is 1. The highest BCUT2D eigenvalue weighted by Gasteiger charge is 2.23. The Hall–Kier alpha value is -1.27. The van der Waals surface area contributed by atoms with E-state index in [1.807, 2.05) is 0 Å². The third-order valence-electron chi connectivity index (χ3n) is 3.11. The van der Waals surface area contributed by atoms with Crippen molar-refractivity contribution in [1.82, 2.24) is 4.31 Å². The number of nitrogens with zero attached hydrogens (tertiary/aromatic N) is 1. The summed E-state index contributed by atoms with van der Waals surface area (Å²) in [7, 11) is -3.49. The minimum atomic E-state index is -3.49. The predicted molar refractivity (Wildman–Crippen MR) is 70.8 cm³/mol. The molecule has 1 aromatic rings. The van der Waals surface area contributed by atoms with Crippen LogP contribution in [0.3, 0.4) is 0 Å². The van der Waals surface area contributed by atoms with Gasteiger partial charge in [-0.3, -0.25) is 4.72 Å². The van der Waals surface area contributed by atoms with Crippen LogP contribution in [0.5, 0.6) is 5.75 Å². The van der Waals surface area contributed by atoms with Gasteiger partial charge in [-0.15, -0.1) is 0 Å². The molecule has 0 amide bonds. The molecule has 5 nitrogen and oxygen atoms in total. The molecule has 0 aromatic heterocycles. The number of phenolic OH excluding ortho intramolecular Hbond substituents is 1. The molecule has 1 saturated heterocycles. The second kappa shape index (κ2) is 5.16. The van der Waals surface area contributed by atoms with Gasteiger partial charge in [0.15, 0.2) is 0 Å². The van der Waals surface area contributed by atoms with Crippen molar-refractivity contribution in [2.75, 3.05) is 17.8 Å². The second-order valence-electron chi connectivity index (χ2n) is 4.57.